The van der Waals surface area contributed by atoms with Crippen LogP contribution in [0.4, 0.5) is 5.69 Å². The second-order valence-corrected chi connectivity index (χ2v) is 7.97. The number of anilines is 1. The molecule has 4 aromatic rings. The van der Waals surface area contributed by atoms with Crippen LogP contribution in [0.1, 0.15) is 32.9 Å². The van der Waals surface area contributed by atoms with Gasteiger partial charge in [-0.05, 0) is 42.8 Å². The Morgan fingerprint density at radius 1 is 1.18 bits per heavy atom. The van der Waals surface area contributed by atoms with Gasteiger partial charge in [0.1, 0.15) is 11.5 Å². The van der Waals surface area contributed by atoms with Gasteiger partial charge in [0.25, 0.3) is 11.8 Å². The molecule has 0 saturated heterocycles. The summed E-state index contributed by atoms with van der Waals surface area (Å²) in [4.78, 5) is 29.2. The maximum absolute atomic E-state index is 12.7. The lowest BCUT2D eigenvalue weighted by Crippen LogP contribution is -2.23. The van der Waals surface area contributed by atoms with Crippen LogP contribution in [0.3, 0.4) is 0 Å². The van der Waals surface area contributed by atoms with Crippen LogP contribution < -0.4 is 10.6 Å². The van der Waals surface area contributed by atoms with Crippen molar-refractivity contribution in [2.24, 2.45) is 7.05 Å². The highest BCUT2D eigenvalue weighted by atomic mass is 16.3. The lowest BCUT2D eigenvalue weighted by Gasteiger charge is -2.07. The van der Waals surface area contributed by atoms with E-state index in [1.807, 2.05) is 61.0 Å². The number of nitrogens with one attached hydrogen (secondary N) is 2. The summed E-state index contributed by atoms with van der Waals surface area (Å²) in [6.45, 7) is 2.32. The van der Waals surface area contributed by atoms with Gasteiger partial charge in [-0.1, -0.05) is 30.3 Å². The van der Waals surface area contributed by atoms with Gasteiger partial charge >= 0.3 is 0 Å². The van der Waals surface area contributed by atoms with E-state index in [2.05, 4.69) is 15.6 Å². The molecule has 0 unspecified atom stereocenters. The lowest BCUT2D eigenvalue weighted by molar-refractivity contribution is -0.110. The Balaban J connectivity index is 1.39. The molecule has 2 aromatic heterocycles. The van der Waals surface area contributed by atoms with Crippen LogP contribution in [0, 0.1) is 6.92 Å². The quantitative estimate of drug-likeness (QED) is 0.452. The number of aromatic nitrogens is 2. The molecule has 2 aromatic carbocycles. The van der Waals surface area contributed by atoms with E-state index < -0.39 is 0 Å². The molecule has 0 radical (unpaired) electrons. The average Bonchev–Trinajstić information content (AvgIpc) is 3.50. The van der Waals surface area contributed by atoms with Crippen molar-refractivity contribution in [3.8, 4) is 11.3 Å². The third-order valence-corrected chi connectivity index (χ3v) is 5.70. The first kappa shape index (κ1) is 20.5. The van der Waals surface area contributed by atoms with Crippen LogP contribution in [0.25, 0.3) is 23.0 Å². The van der Waals surface area contributed by atoms with Crippen LogP contribution in [-0.2, 0) is 18.4 Å². The molecule has 33 heavy (non-hydrogen) atoms. The summed E-state index contributed by atoms with van der Waals surface area (Å²) in [5.41, 5.74) is 5.35. The monoisotopic (exact) mass is 438 g/mol. The summed E-state index contributed by atoms with van der Waals surface area (Å²) in [5.74, 6) is 0.911. The largest absolute Gasteiger partial charge is 0.456 e. The number of para-hydroxylation sites is 1. The molecule has 0 bridgehead atoms. The SMILES string of the molecule is Cc1cc(-c2cccc(C(=O)NCc3cncn3C)c2)oc1/C=C1/C(=O)Nc2ccccc21. The fourth-order valence-electron chi connectivity index (χ4n) is 3.84. The topological polar surface area (TPSA) is 89.2 Å². The van der Waals surface area contributed by atoms with Crippen LogP contribution in [0.15, 0.2) is 71.5 Å². The molecule has 1 aliphatic heterocycles. The van der Waals surface area contributed by atoms with E-state index >= 15 is 0 Å². The number of imidazole rings is 1. The third kappa shape index (κ3) is 3.96. The smallest absolute Gasteiger partial charge is 0.256 e. The van der Waals surface area contributed by atoms with E-state index in [4.69, 9.17) is 4.42 Å². The number of rotatable bonds is 5. The average molecular weight is 438 g/mol. The van der Waals surface area contributed by atoms with Crippen molar-refractivity contribution in [1.29, 1.82) is 0 Å². The number of nitrogens with zero attached hydrogens (tertiary/aromatic N) is 2. The number of furan rings is 1. The standard InChI is InChI=1S/C26H22N4O3/c1-16-10-24(33-23(16)12-21-20-8-3-4-9-22(20)29-26(21)32)17-6-5-7-18(11-17)25(31)28-14-19-13-27-15-30(19)2/h3-13,15H,14H2,1-2H3,(H,28,31)(H,29,32)/b21-12+. The molecule has 2 N–H and O–H groups in total. The Morgan fingerprint density at radius 2 is 2.03 bits per heavy atom. The van der Waals surface area contributed by atoms with Gasteiger partial charge in [-0.3, -0.25) is 9.59 Å². The number of benzene rings is 2. The number of aryl methyl sites for hydroxylation is 2. The summed E-state index contributed by atoms with van der Waals surface area (Å²) < 4.78 is 7.96. The highest BCUT2D eigenvalue weighted by Crippen LogP contribution is 2.35. The number of carbonyl (C=O) groups excluding carboxylic acids is 2. The van der Waals surface area contributed by atoms with E-state index in [1.165, 1.54) is 0 Å². The molecular weight excluding hydrogens is 416 g/mol. The van der Waals surface area contributed by atoms with Gasteiger partial charge in [0, 0.05) is 35.6 Å². The minimum absolute atomic E-state index is 0.152. The molecule has 5 rings (SSSR count). The molecule has 7 nitrogen and oxygen atoms in total. The Hall–Kier alpha value is -4.39. The number of fused-ring (bicyclic) bond motifs is 1. The minimum atomic E-state index is -0.178. The molecule has 164 valence electrons. The van der Waals surface area contributed by atoms with Gasteiger partial charge in [0.15, 0.2) is 0 Å². The summed E-state index contributed by atoms with van der Waals surface area (Å²) >= 11 is 0. The third-order valence-electron chi connectivity index (χ3n) is 5.70. The number of amides is 2. The number of carbonyl (C=O) groups is 2. The van der Waals surface area contributed by atoms with Crippen molar-refractivity contribution < 1.29 is 14.0 Å². The Labute approximate surface area is 190 Å². The second-order valence-electron chi connectivity index (χ2n) is 7.97. The Morgan fingerprint density at radius 3 is 2.85 bits per heavy atom. The first-order valence-corrected chi connectivity index (χ1v) is 10.6. The second kappa shape index (κ2) is 8.27. The van der Waals surface area contributed by atoms with E-state index in [-0.39, 0.29) is 11.8 Å². The molecular formula is C26H22N4O3. The van der Waals surface area contributed by atoms with Crippen LogP contribution in [0.5, 0.6) is 0 Å². The van der Waals surface area contributed by atoms with Gasteiger partial charge in [0.05, 0.1) is 24.1 Å². The van der Waals surface area contributed by atoms with E-state index in [0.29, 0.717) is 29.2 Å². The predicted octanol–water partition coefficient (Wildman–Crippen LogP) is 4.41. The maximum atomic E-state index is 12.7. The van der Waals surface area contributed by atoms with Crippen LogP contribution in [0.2, 0.25) is 0 Å². The van der Waals surface area contributed by atoms with E-state index in [1.54, 1.807) is 30.7 Å². The summed E-state index contributed by atoms with van der Waals surface area (Å²) in [5, 5.41) is 5.79. The zero-order valence-electron chi connectivity index (χ0n) is 18.3. The molecule has 0 spiro atoms. The molecule has 0 saturated carbocycles. The zero-order valence-corrected chi connectivity index (χ0v) is 18.3. The zero-order chi connectivity index (χ0) is 22.9. The highest BCUT2D eigenvalue weighted by Gasteiger charge is 2.24. The fraction of sp³-hybridized carbons (Fsp3) is 0.115. The van der Waals surface area contributed by atoms with Crippen molar-refractivity contribution in [3.63, 3.8) is 0 Å². The van der Waals surface area contributed by atoms with Gasteiger partial charge in [0.2, 0.25) is 0 Å². The molecule has 0 fully saturated rings. The van der Waals surface area contributed by atoms with Gasteiger partial charge in [-0.2, -0.15) is 0 Å². The first-order chi connectivity index (χ1) is 16.0. The molecule has 1 aliphatic rings. The van der Waals surface area contributed by atoms with E-state index in [9.17, 15) is 9.59 Å². The van der Waals surface area contributed by atoms with Crippen molar-refractivity contribution in [2.45, 2.75) is 13.5 Å². The van der Waals surface area contributed by atoms with Gasteiger partial charge < -0.3 is 19.6 Å². The van der Waals surface area contributed by atoms with Crippen molar-refractivity contribution in [2.75, 3.05) is 5.32 Å². The Kier molecular flexibility index (Phi) is 5.14. The van der Waals surface area contributed by atoms with Crippen LogP contribution in [-0.4, -0.2) is 21.4 Å². The summed E-state index contributed by atoms with van der Waals surface area (Å²) in [6, 6.07) is 16.8. The molecule has 0 atom stereocenters. The first-order valence-electron chi connectivity index (χ1n) is 10.6. The fourth-order valence-corrected chi connectivity index (χ4v) is 3.84. The normalized spacial score (nSPS) is 13.8. The van der Waals surface area contributed by atoms with Crippen molar-refractivity contribution in [1.82, 2.24) is 14.9 Å². The molecule has 7 heteroatoms. The van der Waals surface area contributed by atoms with Crippen molar-refractivity contribution >= 4 is 29.2 Å². The van der Waals surface area contributed by atoms with Crippen molar-refractivity contribution in [3.05, 3.63) is 95.3 Å². The van der Waals surface area contributed by atoms with Gasteiger partial charge in [-0.15, -0.1) is 0 Å². The highest BCUT2D eigenvalue weighted by molar-refractivity contribution is 6.34. The Bertz CT molecular complexity index is 1410. The summed E-state index contributed by atoms with van der Waals surface area (Å²) in [7, 11) is 1.88. The summed E-state index contributed by atoms with van der Waals surface area (Å²) in [6.07, 6.45) is 5.19. The van der Waals surface area contributed by atoms with E-state index in [0.717, 1.165) is 28.1 Å². The number of hydrogen-bond acceptors (Lipinski definition) is 4. The van der Waals surface area contributed by atoms with Crippen LogP contribution >= 0.6 is 0 Å². The predicted molar refractivity (Wildman–Crippen MR) is 126 cm³/mol. The minimum Gasteiger partial charge on any atom is -0.456 e. The molecule has 2 amide bonds. The molecule has 0 aliphatic carbocycles. The van der Waals surface area contributed by atoms with Gasteiger partial charge in [-0.25, -0.2) is 4.98 Å². The molecule has 3 heterocycles. The number of hydrogen-bond donors (Lipinski definition) is 2. The lowest BCUT2D eigenvalue weighted by atomic mass is 10.1. The maximum Gasteiger partial charge on any atom is 0.256 e.